The molecule has 0 aromatic carbocycles. The summed E-state index contributed by atoms with van der Waals surface area (Å²) in [5.41, 5.74) is 0.286. The van der Waals surface area contributed by atoms with E-state index in [1.54, 1.807) is 11.9 Å². The molecule has 1 amide bonds. The van der Waals surface area contributed by atoms with Gasteiger partial charge in [-0.1, -0.05) is 18.5 Å². The van der Waals surface area contributed by atoms with E-state index >= 15 is 0 Å². The molecule has 1 aromatic heterocycles. The lowest BCUT2D eigenvalue weighted by molar-refractivity contribution is 0.0789. The molecule has 4 nitrogen and oxygen atoms in total. The summed E-state index contributed by atoms with van der Waals surface area (Å²) in [5.74, 6) is -0.151. The Morgan fingerprint density at radius 3 is 2.86 bits per heavy atom. The van der Waals surface area contributed by atoms with E-state index in [0.717, 1.165) is 6.42 Å². The third kappa shape index (κ3) is 2.67. The Hall–Kier alpha value is -1.16. The molecule has 0 atom stereocenters. The highest BCUT2D eigenvalue weighted by Crippen LogP contribution is 2.04. The quantitative estimate of drug-likeness (QED) is 0.767. The molecule has 0 saturated carbocycles. The van der Waals surface area contributed by atoms with Crippen LogP contribution in [0.1, 0.15) is 23.8 Å². The minimum Gasteiger partial charge on any atom is -0.340 e. The molecule has 0 aliphatic carbocycles. The SMILES string of the molecule is CCCN(C)C(=O)c1cncc(Cl)n1. The summed E-state index contributed by atoms with van der Waals surface area (Å²) in [7, 11) is 1.73. The molecule has 1 heterocycles. The maximum atomic E-state index is 11.7. The first-order chi connectivity index (χ1) is 6.65. The highest BCUT2D eigenvalue weighted by Gasteiger charge is 2.12. The highest BCUT2D eigenvalue weighted by molar-refractivity contribution is 6.29. The van der Waals surface area contributed by atoms with Gasteiger partial charge in [0.15, 0.2) is 0 Å². The van der Waals surface area contributed by atoms with Crippen LogP contribution in [0.25, 0.3) is 0 Å². The summed E-state index contributed by atoms with van der Waals surface area (Å²) in [4.78, 5) is 20.9. The number of carbonyl (C=O) groups is 1. The number of aromatic nitrogens is 2. The third-order valence-electron chi connectivity index (χ3n) is 1.73. The molecular formula is C9H12ClN3O. The summed E-state index contributed by atoms with van der Waals surface area (Å²) < 4.78 is 0. The van der Waals surface area contributed by atoms with Crippen molar-refractivity contribution >= 4 is 17.5 Å². The van der Waals surface area contributed by atoms with Crippen LogP contribution in [0.2, 0.25) is 5.15 Å². The summed E-state index contributed by atoms with van der Waals surface area (Å²) in [5, 5.41) is 0.237. The van der Waals surface area contributed by atoms with E-state index < -0.39 is 0 Å². The predicted octanol–water partition coefficient (Wildman–Crippen LogP) is 1.61. The normalized spacial score (nSPS) is 9.93. The molecule has 5 heteroatoms. The number of halogens is 1. The highest BCUT2D eigenvalue weighted by atomic mass is 35.5. The van der Waals surface area contributed by atoms with Gasteiger partial charge in [-0.05, 0) is 6.42 Å². The third-order valence-corrected chi connectivity index (χ3v) is 1.91. The van der Waals surface area contributed by atoms with Crippen LogP contribution in [0.3, 0.4) is 0 Å². The number of carbonyl (C=O) groups excluding carboxylic acids is 1. The molecule has 1 aromatic rings. The number of nitrogens with zero attached hydrogens (tertiary/aromatic N) is 3. The minimum absolute atomic E-state index is 0.151. The molecule has 76 valence electrons. The first-order valence-electron chi connectivity index (χ1n) is 4.38. The summed E-state index contributed by atoms with van der Waals surface area (Å²) in [6.45, 7) is 2.71. The van der Waals surface area contributed by atoms with Crippen LogP contribution < -0.4 is 0 Å². The lowest BCUT2D eigenvalue weighted by Gasteiger charge is -2.14. The molecule has 1 rings (SSSR count). The number of amides is 1. The smallest absolute Gasteiger partial charge is 0.273 e. The van der Waals surface area contributed by atoms with E-state index in [-0.39, 0.29) is 16.8 Å². The Bertz CT molecular complexity index is 330. The first kappa shape index (κ1) is 10.9. The molecule has 0 saturated heterocycles. The molecular weight excluding hydrogens is 202 g/mol. The Balaban J connectivity index is 2.78. The second-order valence-electron chi connectivity index (χ2n) is 2.95. The topological polar surface area (TPSA) is 46.1 Å². The van der Waals surface area contributed by atoms with Gasteiger partial charge in [-0.15, -0.1) is 0 Å². The average Bonchev–Trinajstić information content (AvgIpc) is 2.17. The molecule has 0 radical (unpaired) electrons. The van der Waals surface area contributed by atoms with Gasteiger partial charge in [0.05, 0.1) is 12.4 Å². The van der Waals surface area contributed by atoms with Gasteiger partial charge in [0.1, 0.15) is 10.8 Å². The van der Waals surface area contributed by atoms with Gasteiger partial charge < -0.3 is 4.90 Å². The van der Waals surface area contributed by atoms with E-state index in [4.69, 9.17) is 11.6 Å². The van der Waals surface area contributed by atoms with Crippen LogP contribution in [0.15, 0.2) is 12.4 Å². The van der Waals surface area contributed by atoms with E-state index in [0.29, 0.717) is 6.54 Å². The maximum Gasteiger partial charge on any atom is 0.273 e. The van der Waals surface area contributed by atoms with Gasteiger partial charge in [0.2, 0.25) is 0 Å². The summed E-state index contributed by atoms with van der Waals surface area (Å²) in [6, 6.07) is 0. The lowest BCUT2D eigenvalue weighted by atomic mass is 10.3. The van der Waals surface area contributed by atoms with Crippen LogP contribution in [-0.4, -0.2) is 34.4 Å². The van der Waals surface area contributed by atoms with Crippen molar-refractivity contribution in [1.82, 2.24) is 14.9 Å². The van der Waals surface area contributed by atoms with Crippen molar-refractivity contribution in [3.8, 4) is 0 Å². The fourth-order valence-electron chi connectivity index (χ4n) is 1.08. The molecule has 0 bridgehead atoms. The van der Waals surface area contributed by atoms with E-state index in [9.17, 15) is 4.79 Å². The molecule has 0 spiro atoms. The van der Waals surface area contributed by atoms with Crippen LogP contribution in [0, 0.1) is 0 Å². The molecule has 0 aliphatic heterocycles. The van der Waals surface area contributed by atoms with Crippen molar-refractivity contribution in [3.63, 3.8) is 0 Å². The van der Waals surface area contributed by atoms with Crippen molar-refractivity contribution in [2.45, 2.75) is 13.3 Å². The molecule has 0 unspecified atom stereocenters. The fourth-order valence-corrected chi connectivity index (χ4v) is 1.23. The monoisotopic (exact) mass is 213 g/mol. The van der Waals surface area contributed by atoms with Crippen LogP contribution in [-0.2, 0) is 0 Å². The van der Waals surface area contributed by atoms with Crippen LogP contribution in [0.4, 0.5) is 0 Å². The van der Waals surface area contributed by atoms with Crippen molar-refractivity contribution in [2.75, 3.05) is 13.6 Å². The van der Waals surface area contributed by atoms with E-state index in [2.05, 4.69) is 9.97 Å². The van der Waals surface area contributed by atoms with Gasteiger partial charge in [0, 0.05) is 13.6 Å². The van der Waals surface area contributed by atoms with E-state index in [1.807, 2.05) is 6.92 Å². The number of hydrogen-bond acceptors (Lipinski definition) is 3. The zero-order valence-electron chi connectivity index (χ0n) is 8.20. The zero-order valence-corrected chi connectivity index (χ0v) is 8.95. The Morgan fingerprint density at radius 2 is 2.29 bits per heavy atom. The number of rotatable bonds is 3. The van der Waals surface area contributed by atoms with Crippen molar-refractivity contribution < 1.29 is 4.79 Å². The molecule has 14 heavy (non-hydrogen) atoms. The van der Waals surface area contributed by atoms with Gasteiger partial charge >= 0.3 is 0 Å². The van der Waals surface area contributed by atoms with Gasteiger partial charge in [-0.3, -0.25) is 9.78 Å². The Morgan fingerprint density at radius 1 is 1.57 bits per heavy atom. The molecule has 0 N–H and O–H groups in total. The molecule has 0 fully saturated rings. The largest absolute Gasteiger partial charge is 0.340 e. The van der Waals surface area contributed by atoms with Gasteiger partial charge in [0.25, 0.3) is 5.91 Å². The van der Waals surface area contributed by atoms with Gasteiger partial charge in [-0.25, -0.2) is 4.98 Å². The summed E-state index contributed by atoms with van der Waals surface area (Å²) >= 11 is 5.63. The second-order valence-corrected chi connectivity index (χ2v) is 3.34. The lowest BCUT2D eigenvalue weighted by Crippen LogP contribution is -2.28. The summed E-state index contributed by atoms with van der Waals surface area (Å²) in [6.07, 6.45) is 3.73. The average molecular weight is 214 g/mol. The van der Waals surface area contributed by atoms with E-state index in [1.165, 1.54) is 12.4 Å². The minimum atomic E-state index is -0.151. The Kier molecular flexibility index (Phi) is 3.83. The maximum absolute atomic E-state index is 11.7. The fraction of sp³-hybridized carbons (Fsp3) is 0.444. The van der Waals surface area contributed by atoms with Crippen LogP contribution in [0.5, 0.6) is 0 Å². The predicted molar refractivity (Wildman–Crippen MR) is 54.3 cm³/mol. The van der Waals surface area contributed by atoms with Gasteiger partial charge in [-0.2, -0.15) is 0 Å². The van der Waals surface area contributed by atoms with Crippen molar-refractivity contribution in [3.05, 3.63) is 23.2 Å². The zero-order chi connectivity index (χ0) is 10.6. The van der Waals surface area contributed by atoms with Crippen LogP contribution >= 0.6 is 11.6 Å². The molecule has 0 aliphatic rings. The second kappa shape index (κ2) is 4.91. The Labute approximate surface area is 87.9 Å². The number of hydrogen-bond donors (Lipinski definition) is 0. The van der Waals surface area contributed by atoms with Crippen molar-refractivity contribution in [1.29, 1.82) is 0 Å². The first-order valence-corrected chi connectivity index (χ1v) is 4.76. The standard InChI is InChI=1S/C9H12ClN3O/c1-3-4-13(2)9(14)7-5-11-6-8(10)12-7/h5-6H,3-4H2,1-2H3. The van der Waals surface area contributed by atoms with Crippen molar-refractivity contribution in [2.24, 2.45) is 0 Å².